The summed E-state index contributed by atoms with van der Waals surface area (Å²) in [7, 11) is 2.55. The second kappa shape index (κ2) is 20.2. The molecule has 6 heteroatoms. The summed E-state index contributed by atoms with van der Waals surface area (Å²) in [6.45, 7) is 2.99. The van der Waals surface area contributed by atoms with Crippen LogP contribution in [0.5, 0.6) is 5.75 Å². The number of hydrogen-bond acceptors (Lipinski definition) is 5. The molecule has 34 heavy (non-hydrogen) atoms. The van der Waals surface area contributed by atoms with Crippen molar-refractivity contribution in [2.75, 3.05) is 20.8 Å². The average molecular weight is 478 g/mol. The normalized spacial score (nSPS) is 11.6. The van der Waals surface area contributed by atoms with Crippen molar-refractivity contribution in [1.82, 2.24) is 5.32 Å². The van der Waals surface area contributed by atoms with E-state index in [-0.39, 0.29) is 0 Å². The van der Waals surface area contributed by atoms with Crippen LogP contribution in [-0.2, 0) is 20.7 Å². The second-order valence-corrected chi connectivity index (χ2v) is 9.00. The molecular formula is C28H47NO5. The first-order chi connectivity index (χ1) is 16.6. The summed E-state index contributed by atoms with van der Waals surface area (Å²) in [6, 6.07) is 6.79. The van der Waals surface area contributed by atoms with E-state index in [1.165, 1.54) is 97.7 Å². The Bertz CT molecular complexity index is 647. The zero-order valence-corrected chi connectivity index (χ0v) is 21.7. The lowest BCUT2D eigenvalue weighted by atomic mass is 10.0. The van der Waals surface area contributed by atoms with Gasteiger partial charge in [0.1, 0.15) is 11.8 Å². The number of esters is 1. The lowest BCUT2D eigenvalue weighted by molar-refractivity contribution is -0.142. The summed E-state index contributed by atoms with van der Waals surface area (Å²) in [5, 5.41) is 2.50. The van der Waals surface area contributed by atoms with Gasteiger partial charge in [-0.05, 0) is 24.1 Å². The Morgan fingerprint density at radius 1 is 0.735 bits per heavy atom. The van der Waals surface area contributed by atoms with Crippen molar-refractivity contribution in [3.05, 3.63) is 29.8 Å². The maximum atomic E-state index is 11.9. The number of methoxy groups -OCH3 is 2. The van der Waals surface area contributed by atoms with Crippen LogP contribution in [0.25, 0.3) is 0 Å². The molecule has 0 aliphatic heterocycles. The number of ether oxygens (including phenoxy) is 3. The molecule has 0 spiro atoms. The zero-order chi connectivity index (χ0) is 24.9. The fourth-order valence-electron chi connectivity index (χ4n) is 3.98. The minimum absolute atomic E-state index is 0.320. The molecule has 0 saturated heterocycles. The van der Waals surface area contributed by atoms with E-state index in [1.807, 2.05) is 24.3 Å². The third-order valence-corrected chi connectivity index (χ3v) is 6.09. The van der Waals surface area contributed by atoms with E-state index in [1.54, 1.807) is 0 Å². The van der Waals surface area contributed by atoms with Gasteiger partial charge in [-0.25, -0.2) is 9.59 Å². The third kappa shape index (κ3) is 14.8. The first-order valence-corrected chi connectivity index (χ1v) is 13.2. The topological polar surface area (TPSA) is 73.9 Å². The summed E-state index contributed by atoms with van der Waals surface area (Å²) in [5.41, 5.74) is 0.899. The Morgan fingerprint density at radius 2 is 1.24 bits per heavy atom. The maximum Gasteiger partial charge on any atom is 0.407 e. The van der Waals surface area contributed by atoms with Gasteiger partial charge in [-0.2, -0.15) is 0 Å². The highest BCUT2D eigenvalue weighted by molar-refractivity contribution is 5.81. The average Bonchev–Trinajstić information content (AvgIpc) is 2.86. The summed E-state index contributed by atoms with van der Waals surface area (Å²) in [6.07, 6.45) is 18.5. The molecule has 194 valence electrons. The molecule has 1 atom stereocenters. The molecule has 1 amide bonds. The van der Waals surface area contributed by atoms with Crippen LogP contribution in [0.2, 0.25) is 0 Å². The number of nitrogens with one attached hydrogen (secondary N) is 1. The van der Waals surface area contributed by atoms with Crippen molar-refractivity contribution in [2.24, 2.45) is 0 Å². The van der Waals surface area contributed by atoms with Gasteiger partial charge in [0.2, 0.25) is 0 Å². The molecule has 6 nitrogen and oxygen atoms in total. The van der Waals surface area contributed by atoms with Gasteiger partial charge in [0, 0.05) is 6.42 Å². The smallest absolute Gasteiger partial charge is 0.407 e. The van der Waals surface area contributed by atoms with E-state index in [0.29, 0.717) is 13.0 Å². The van der Waals surface area contributed by atoms with Crippen LogP contribution in [0.1, 0.15) is 102 Å². The number of benzene rings is 1. The number of alkyl carbamates (subject to hydrolysis) is 1. The quantitative estimate of drug-likeness (QED) is 0.162. The maximum absolute atomic E-state index is 11.9. The lowest BCUT2D eigenvalue weighted by Crippen LogP contribution is -2.42. The van der Waals surface area contributed by atoms with Crippen molar-refractivity contribution in [2.45, 2.75) is 109 Å². The number of carbonyl (C=O) groups is 2. The molecular weight excluding hydrogens is 430 g/mol. The molecule has 0 aliphatic rings. The number of amides is 1. The monoisotopic (exact) mass is 477 g/mol. The Morgan fingerprint density at radius 3 is 1.71 bits per heavy atom. The standard InChI is InChI=1S/C28H47NO5/c1-4-5-6-7-8-9-10-11-12-13-14-15-16-17-22-34-25-20-18-24(19-21-25)23-26(27(30)32-2)29-28(31)33-3/h18-21,26H,4-17,22-23H2,1-3H3,(H,29,31)/t26-/m0/s1. The minimum atomic E-state index is -0.792. The largest absolute Gasteiger partial charge is 0.494 e. The Hall–Kier alpha value is -2.24. The van der Waals surface area contributed by atoms with Gasteiger partial charge < -0.3 is 19.5 Å². The molecule has 0 aromatic heterocycles. The predicted molar refractivity (Wildman–Crippen MR) is 137 cm³/mol. The van der Waals surface area contributed by atoms with Crippen molar-refractivity contribution in [3.63, 3.8) is 0 Å². The highest BCUT2D eigenvalue weighted by Crippen LogP contribution is 2.16. The summed E-state index contributed by atoms with van der Waals surface area (Å²) < 4.78 is 15.2. The molecule has 0 radical (unpaired) electrons. The van der Waals surface area contributed by atoms with E-state index in [4.69, 9.17) is 9.47 Å². The van der Waals surface area contributed by atoms with E-state index < -0.39 is 18.1 Å². The molecule has 1 aromatic carbocycles. The molecule has 1 N–H and O–H groups in total. The number of rotatable bonds is 20. The fourth-order valence-corrected chi connectivity index (χ4v) is 3.98. The van der Waals surface area contributed by atoms with Gasteiger partial charge >= 0.3 is 12.1 Å². The van der Waals surface area contributed by atoms with E-state index in [9.17, 15) is 9.59 Å². The molecule has 0 unspecified atom stereocenters. The van der Waals surface area contributed by atoms with Crippen LogP contribution in [0, 0.1) is 0 Å². The SMILES string of the molecule is CCCCCCCCCCCCCCCCOc1ccc(C[C@H](NC(=O)OC)C(=O)OC)cc1. The molecule has 0 heterocycles. The zero-order valence-electron chi connectivity index (χ0n) is 21.7. The molecule has 0 aliphatic carbocycles. The van der Waals surface area contributed by atoms with Gasteiger partial charge in [-0.15, -0.1) is 0 Å². The van der Waals surface area contributed by atoms with Crippen LogP contribution in [-0.4, -0.2) is 38.9 Å². The highest BCUT2D eigenvalue weighted by atomic mass is 16.5. The van der Waals surface area contributed by atoms with Gasteiger partial charge in [0.05, 0.1) is 20.8 Å². The van der Waals surface area contributed by atoms with Crippen LogP contribution in [0.4, 0.5) is 4.79 Å². The highest BCUT2D eigenvalue weighted by Gasteiger charge is 2.22. The van der Waals surface area contributed by atoms with E-state index >= 15 is 0 Å². The van der Waals surface area contributed by atoms with Gasteiger partial charge in [-0.3, -0.25) is 0 Å². The minimum Gasteiger partial charge on any atom is -0.494 e. The van der Waals surface area contributed by atoms with Crippen LogP contribution in [0.3, 0.4) is 0 Å². The molecule has 1 aromatic rings. The van der Waals surface area contributed by atoms with Crippen LogP contribution < -0.4 is 10.1 Å². The molecule has 0 fully saturated rings. The Kier molecular flexibility index (Phi) is 17.7. The molecule has 0 saturated carbocycles. The number of carbonyl (C=O) groups excluding carboxylic acids is 2. The third-order valence-electron chi connectivity index (χ3n) is 6.09. The van der Waals surface area contributed by atoms with E-state index in [0.717, 1.165) is 17.7 Å². The van der Waals surface area contributed by atoms with Crippen LogP contribution in [0.15, 0.2) is 24.3 Å². The molecule has 0 bridgehead atoms. The van der Waals surface area contributed by atoms with Crippen LogP contribution >= 0.6 is 0 Å². The first kappa shape index (κ1) is 29.8. The van der Waals surface area contributed by atoms with Crippen molar-refractivity contribution >= 4 is 12.1 Å². The Labute approximate surface area is 207 Å². The fraction of sp³-hybridized carbons (Fsp3) is 0.714. The number of hydrogen-bond donors (Lipinski definition) is 1. The van der Waals surface area contributed by atoms with Crippen molar-refractivity contribution < 1.29 is 23.8 Å². The van der Waals surface area contributed by atoms with Gasteiger partial charge in [-0.1, -0.05) is 103 Å². The Balaban J connectivity index is 2.08. The summed E-state index contributed by atoms with van der Waals surface area (Å²) >= 11 is 0. The van der Waals surface area contributed by atoms with E-state index in [2.05, 4.69) is 17.0 Å². The lowest BCUT2D eigenvalue weighted by Gasteiger charge is -2.16. The van der Waals surface area contributed by atoms with Gasteiger partial charge in [0.25, 0.3) is 0 Å². The first-order valence-electron chi connectivity index (χ1n) is 13.2. The second-order valence-electron chi connectivity index (χ2n) is 9.00. The number of unbranched alkanes of at least 4 members (excludes halogenated alkanes) is 13. The summed E-state index contributed by atoms with van der Waals surface area (Å²) in [4.78, 5) is 23.3. The van der Waals surface area contributed by atoms with Crippen molar-refractivity contribution in [1.29, 1.82) is 0 Å². The van der Waals surface area contributed by atoms with Crippen molar-refractivity contribution in [3.8, 4) is 5.75 Å². The summed E-state index contributed by atoms with van der Waals surface area (Å²) in [5.74, 6) is 0.303. The predicted octanol–water partition coefficient (Wildman–Crippen LogP) is 6.99. The molecule has 1 rings (SSSR count). The van der Waals surface area contributed by atoms with Gasteiger partial charge in [0.15, 0.2) is 0 Å².